The van der Waals surface area contributed by atoms with Crippen LogP contribution in [0.25, 0.3) is 0 Å². The van der Waals surface area contributed by atoms with Gasteiger partial charge in [0, 0.05) is 0 Å². The molecule has 1 amide bonds. The summed E-state index contributed by atoms with van der Waals surface area (Å²) < 4.78 is 58.5. The predicted molar refractivity (Wildman–Crippen MR) is 54.1 cm³/mol. The highest BCUT2D eigenvalue weighted by molar-refractivity contribution is 7.98. The summed E-state index contributed by atoms with van der Waals surface area (Å²) in [5, 5.41) is 0. The number of primary amides is 1. The molecular formula is C6H11F3N2O3S2. The number of hydrogen-bond donors (Lipinski definition) is 2. The third-order valence-electron chi connectivity index (χ3n) is 1.56. The van der Waals surface area contributed by atoms with Crippen LogP contribution < -0.4 is 10.5 Å². The van der Waals surface area contributed by atoms with Crippen LogP contribution in [-0.2, 0) is 14.8 Å². The van der Waals surface area contributed by atoms with E-state index >= 15 is 0 Å². The topological polar surface area (TPSA) is 89.3 Å². The zero-order valence-electron chi connectivity index (χ0n) is 8.24. The van der Waals surface area contributed by atoms with Crippen LogP contribution >= 0.6 is 11.8 Å². The second-order valence-corrected chi connectivity index (χ2v) is 5.49. The van der Waals surface area contributed by atoms with E-state index in [1.165, 1.54) is 16.5 Å². The van der Waals surface area contributed by atoms with Gasteiger partial charge in [-0.1, -0.05) is 0 Å². The van der Waals surface area contributed by atoms with Crippen LogP contribution in [0, 0.1) is 0 Å². The number of amides is 1. The lowest BCUT2D eigenvalue weighted by Gasteiger charge is -2.16. The number of nitrogens with two attached hydrogens (primary N) is 1. The van der Waals surface area contributed by atoms with E-state index in [9.17, 15) is 26.4 Å². The van der Waals surface area contributed by atoms with Crippen LogP contribution in [0.3, 0.4) is 0 Å². The number of carbonyl (C=O) groups is 1. The van der Waals surface area contributed by atoms with Crippen molar-refractivity contribution in [2.75, 3.05) is 12.0 Å². The number of thioether (sulfide) groups is 1. The van der Waals surface area contributed by atoms with Crippen molar-refractivity contribution in [1.82, 2.24) is 4.72 Å². The van der Waals surface area contributed by atoms with E-state index in [-0.39, 0.29) is 6.42 Å². The molecule has 16 heavy (non-hydrogen) atoms. The van der Waals surface area contributed by atoms with Gasteiger partial charge in [-0.15, -0.1) is 0 Å². The van der Waals surface area contributed by atoms with Gasteiger partial charge in [-0.3, -0.25) is 4.79 Å². The number of rotatable bonds is 6. The molecule has 10 heteroatoms. The molecule has 0 heterocycles. The Morgan fingerprint density at radius 2 is 2.00 bits per heavy atom. The van der Waals surface area contributed by atoms with E-state index in [0.29, 0.717) is 5.75 Å². The van der Waals surface area contributed by atoms with Crippen molar-refractivity contribution < 1.29 is 26.4 Å². The first kappa shape index (κ1) is 15.5. The molecule has 0 aliphatic rings. The Morgan fingerprint density at radius 3 is 2.31 bits per heavy atom. The summed E-state index contributed by atoms with van der Waals surface area (Å²) in [5.41, 5.74) is -0.659. The number of alkyl halides is 3. The average Bonchev–Trinajstić information content (AvgIpc) is 2.09. The summed E-state index contributed by atoms with van der Waals surface area (Å²) in [6, 6.07) is -1.54. The molecule has 0 fully saturated rings. The fourth-order valence-corrected chi connectivity index (χ4v) is 1.96. The van der Waals surface area contributed by atoms with Gasteiger partial charge < -0.3 is 5.73 Å². The number of halogens is 3. The second kappa shape index (κ2) is 5.73. The first-order chi connectivity index (χ1) is 7.12. The summed E-state index contributed by atoms with van der Waals surface area (Å²) in [6.07, 6.45) is 1.57. The first-order valence-corrected chi connectivity index (χ1v) is 6.86. The molecule has 0 saturated heterocycles. The van der Waals surface area contributed by atoms with Crippen LogP contribution in [-0.4, -0.2) is 37.9 Å². The summed E-state index contributed by atoms with van der Waals surface area (Å²) in [5.74, 6) is -0.824. The van der Waals surface area contributed by atoms with Crippen molar-refractivity contribution in [3.05, 3.63) is 0 Å². The molecule has 0 spiro atoms. The highest BCUT2D eigenvalue weighted by atomic mass is 32.2. The summed E-state index contributed by atoms with van der Waals surface area (Å²) in [6.45, 7) is 0. The Labute approximate surface area is 95.0 Å². The highest BCUT2D eigenvalue weighted by Crippen LogP contribution is 2.22. The van der Waals surface area contributed by atoms with Crippen molar-refractivity contribution in [3.8, 4) is 0 Å². The normalized spacial score (nSPS) is 14.8. The van der Waals surface area contributed by atoms with Crippen molar-refractivity contribution >= 4 is 27.7 Å². The second-order valence-electron chi connectivity index (χ2n) is 2.80. The smallest absolute Gasteiger partial charge is 0.368 e. The van der Waals surface area contributed by atoms with Gasteiger partial charge in [0.2, 0.25) is 5.91 Å². The van der Waals surface area contributed by atoms with E-state index in [0.717, 1.165) is 0 Å². The molecule has 1 atom stereocenters. The summed E-state index contributed by atoms with van der Waals surface area (Å²) in [4.78, 5) is 10.7. The number of sulfonamides is 1. The maximum atomic E-state index is 12.0. The van der Waals surface area contributed by atoms with Gasteiger partial charge in [-0.2, -0.15) is 29.7 Å². The Kier molecular flexibility index (Phi) is 5.56. The quantitative estimate of drug-likeness (QED) is 0.718. The van der Waals surface area contributed by atoms with Crippen LogP contribution in [0.1, 0.15) is 6.42 Å². The van der Waals surface area contributed by atoms with E-state index in [2.05, 4.69) is 0 Å². The number of nitrogens with one attached hydrogen (secondary N) is 1. The maximum Gasteiger partial charge on any atom is 0.511 e. The molecule has 0 saturated carbocycles. The van der Waals surface area contributed by atoms with E-state index < -0.39 is 27.5 Å². The Balaban J connectivity index is 4.71. The van der Waals surface area contributed by atoms with Gasteiger partial charge in [0.25, 0.3) is 0 Å². The predicted octanol–water partition coefficient (Wildman–Crippen LogP) is 0.0326. The van der Waals surface area contributed by atoms with Crippen molar-refractivity contribution in [1.29, 1.82) is 0 Å². The van der Waals surface area contributed by atoms with Gasteiger partial charge in [0.15, 0.2) is 0 Å². The molecule has 96 valence electrons. The minimum atomic E-state index is -5.53. The zero-order chi connectivity index (χ0) is 13.0. The maximum absolute atomic E-state index is 12.0. The molecule has 0 aromatic carbocycles. The summed E-state index contributed by atoms with van der Waals surface area (Å²) >= 11 is 1.26. The monoisotopic (exact) mass is 280 g/mol. The summed E-state index contributed by atoms with van der Waals surface area (Å²) in [7, 11) is -5.53. The molecule has 0 unspecified atom stereocenters. The molecule has 0 radical (unpaired) electrons. The van der Waals surface area contributed by atoms with Crippen LogP contribution in [0.2, 0.25) is 0 Å². The van der Waals surface area contributed by atoms with Gasteiger partial charge in [-0.25, -0.2) is 8.42 Å². The molecule has 0 rings (SSSR count). The standard InChI is InChI=1S/C6H11F3N2O3S2/c1-15-3-2-4(5(10)12)11-16(13,14)6(7,8)9/h4,11H,2-3H2,1H3,(H2,10,12)/t4-/m0/s1. The third-order valence-corrected chi connectivity index (χ3v) is 3.40. The lowest BCUT2D eigenvalue weighted by molar-refractivity contribution is -0.119. The average molecular weight is 280 g/mol. The SMILES string of the molecule is CSCC[C@H](NS(=O)(=O)C(F)(F)F)C(N)=O. The molecule has 0 aliphatic heterocycles. The molecule has 5 nitrogen and oxygen atoms in total. The molecule has 0 aliphatic carbocycles. The van der Waals surface area contributed by atoms with Crippen molar-refractivity contribution in [2.45, 2.75) is 18.0 Å². The number of hydrogen-bond acceptors (Lipinski definition) is 4. The van der Waals surface area contributed by atoms with Gasteiger partial charge in [-0.05, 0) is 18.4 Å². The van der Waals surface area contributed by atoms with Gasteiger partial charge in [0.1, 0.15) is 6.04 Å². The fourth-order valence-electron chi connectivity index (χ4n) is 0.749. The Bertz CT molecular complexity index is 341. The molecule has 3 N–H and O–H groups in total. The van der Waals surface area contributed by atoms with Crippen LogP contribution in [0.4, 0.5) is 13.2 Å². The highest BCUT2D eigenvalue weighted by Gasteiger charge is 2.47. The van der Waals surface area contributed by atoms with Crippen LogP contribution in [0.15, 0.2) is 0 Å². The van der Waals surface area contributed by atoms with E-state index in [1.807, 2.05) is 0 Å². The van der Waals surface area contributed by atoms with E-state index in [4.69, 9.17) is 5.73 Å². The Hall–Kier alpha value is -0.480. The minimum Gasteiger partial charge on any atom is -0.368 e. The molecule has 0 aromatic rings. The Morgan fingerprint density at radius 1 is 1.50 bits per heavy atom. The van der Waals surface area contributed by atoms with Crippen LogP contribution in [0.5, 0.6) is 0 Å². The largest absolute Gasteiger partial charge is 0.511 e. The van der Waals surface area contributed by atoms with Crippen molar-refractivity contribution in [2.24, 2.45) is 5.73 Å². The third kappa shape index (κ3) is 4.58. The first-order valence-electron chi connectivity index (χ1n) is 3.98. The van der Waals surface area contributed by atoms with Gasteiger partial charge >= 0.3 is 15.5 Å². The molecule has 0 aromatic heterocycles. The molecular weight excluding hydrogens is 269 g/mol. The van der Waals surface area contributed by atoms with Crippen molar-refractivity contribution in [3.63, 3.8) is 0 Å². The zero-order valence-corrected chi connectivity index (χ0v) is 9.88. The van der Waals surface area contributed by atoms with Gasteiger partial charge in [0.05, 0.1) is 0 Å². The number of carbonyl (C=O) groups excluding carboxylic acids is 1. The lowest BCUT2D eigenvalue weighted by atomic mass is 10.2. The van der Waals surface area contributed by atoms with E-state index in [1.54, 1.807) is 6.26 Å². The fraction of sp³-hybridized carbons (Fsp3) is 0.833. The molecule has 0 bridgehead atoms. The lowest BCUT2D eigenvalue weighted by Crippen LogP contribution is -2.49. The minimum absolute atomic E-state index is 0.0915.